The molecule has 130 valence electrons. The summed E-state index contributed by atoms with van der Waals surface area (Å²) in [7, 11) is 0. The number of fused-ring (bicyclic) bond motifs is 1. The van der Waals surface area contributed by atoms with Crippen molar-refractivity contribution in [3.05, 3.63) is 45.9 Å². The lowest BCUT2D eigenvalue weighted by molar-refractivity contribution is -0.125. The zero-order chi connectivity index (χ0) is 17.8. The minimum Gasteiger partial charge on any atom is -0.356 e. The fraction of sp³-hybridized carbons (Fsp3) is 0.294. The zero-order valence-electron chi connectivity index (χ0n) is 13.7. The van der Waals surface area contributed by atoms with Gasteiger partial charge in [0, 0.05) is 24.0 Å². The normalized spacial score (nSPS) is 16.4. The van der Waals surface area contributed by atoms with Crippen LogP contribution in [0.5, 0.6) is 0 Å². The number of amides is 3. The van der Waals surface area contributed by atoms with Crippen molar-refractivity contribution in [2.75, 3.05) is 11.9 Å². The molecule has 1 unspecified atom stereocenters. The first-order valence-corrected chi connectivity index (χ1v) is 8.79. The molecule has 1 aromatic heterocycles. The highest BCUT2D eigenvalue weighted by Crippen LogP contribution is 2.18. The third kappa shape index (κ3) is 4.21. The Kier molecular flexibility index (Phi) is 5.08. The molecule has 2 aromatic rings. The standard InChI is InChI=1S/C17H18N4O3S/c1-10-9-25-15(19-10)6-7-18-14(22)8-13-17(24)20-12-5-3-2-4-11(12)16(23)21-13/h2-5,9,13H,6-8H2,1H3,(H,18,22)(H,20,24)(H,21,23). The van der Waals surface area contributed by atoms with Crippen LogP contribution in [0.1, 0.15) is 27.5 Å². The maximum atomic E-state index is 12.2. The molecule has 0 saturated heterocycles. The molecular weight excluding hydrogens is 340 g/mol. The molecule has 2 heterocycles. The van der Waals surface area contributed by atoms with Crippen molar-refractivity contribution in [2.45, 2.75) is 25.8 Å². The van der Waals surface area contributed by atoms with Crippen molar-refractivity contribution < 1.29 is 14.4 Å². The van der Waals surface area contributed by atoms with E-state index in [2.05, 4.69) is 20.9 Å². The summed E-state index contributed by atoms with van der Waals surface area (Å²) in [4.78, 5) is 40.9. The van der Waals surface area contributed by atoms with Gasteiger partial charge in [0.05, 0.1) is 22.7 Å². The van der Waals surface area contributed by atoms with Crippen LogP contribution in [0.15, 0.2) is 29.6 Å². The minimum absolute atomic E-state index is 0.109. The van der Waals surface area contributed by atoms with Crippen molar-refractivity contribution >= 4 is 34.7 Å². The largest absolute Gasteiger partial charge is 0.356 e. The molecule has 0 radical (unpaired) electrons. The van der Waals surface area contributed by atoms with E-state index in [1.807, 2.05) is 12.3 Å². The number of nitrogens with zero attached hydrogens (tertiary/aromatic N) is 1. The lowest BCUT2D eigenvalue weighted by Crippen LogP contribution is -2.44. The maximum absolute atomic E-state index is 12.2. The number of anilines is 1. The molecule has 3 rings (SSSR count). The summed E-state index contributed by atoms with van der Waals surface area (Å²) in [6.07, 6.45) is 0.529. The molecule has 0 aliphatic carbocycles. The van der Waals surface area contributed by atoms with Crippen LogP contribution in [0.2, 0.25) is 0 Å². The fourth-order valence-corrected chi connectivity index (χ4v) is 3.32. The number of thiazole rings is 1. The fourth-order valence-electron chi connectivity index (χ4n) is 2.54. The molecule has 8 heteroatoms. The first-order chi connectivity index (χ1) is 12.0. The molecule has 0 saturated carbocycles. The number of nitrogens with one attached hydrogen (secondary N) is 3. The molecule has 7 nitrogen and oxygen atoms in total. The van der Waals surface area contributed by atoms with Crippen LogP contribution in [0.4, 0.5) is 5.69 Å². The van der Waals surface area contributed by atoms with E-state index >= 15 is 0 Å². The van der Waals surface area contributed by atoms with E-state index < -0.39 is 11.9 Å². The van der Waals surface area contributed by atoms with Crippen LogP contribution in [-0.4, -0.2) is 35.3 Å². The molecular formula is C17H18N4O3S. The van der Waals surface area contributed by atoms with E-state index in [1.165, 1.54) is 0 Å². The summed E-state index contributed by atoms with van der Waals surface area (Å²) in [5.41, 5.74) is 1.80. The van der Waals surface area contributed by atoms with Crippen LogP contribution < -0.4 is 16.0 Å². The van der Waals surface area contributed by atoms with E-state index in [1.54, 1.807) is 35.6 Å². The molecule has 0 fully saturated rings. The molecule has 0 bridgehead atoms. The first kappa shape index (κ1) is 17.1. The number of hydrogen-bond donors (Lipinski definition) is 3. The predicted octanol–water partition coefficient (Wildman–Crippen LogP) is 1.25. The van der Waals surface area contributed by atoms with E-state index in [4.69, 9.17) is 0 Å². The molecule has 3 N–H and O–H groups in total. The van der Waals surface area contributed by atoms with Gasteiger partial charge < -0.3 is 16.0 Å². The number of carbonyl (C=O) groups is 3. The number of aromatic nitrogens is 1. The summed E-state index contributed by atoms with van der Waals surface area (Å²) < 4.78 is 0. The maximum Gasteiger partial charge on any atom is 0.254 e. The van der Waals surface area contributed by atoms with E-state index in [9.17, 15) is 14.4 Å². The number of hydrogen-bond acceptors (Lipinski definition) is 5. The number of para-hydroxylation sites is 1. The van der Waals surface area contributed by atoms with Crippen molar-refractivity contribution in [1.82, 2.24) is 15.6 Å². The minimum atomic E-state index is -0.901. The van der Waals surface area contributed by atoms with Gasteiger partial charge in [-0.1, -0.05) is 12.1 Å². The Morgan fingerprint density at radius 2 is 2.12 bits per heavy atom. The van der Waals surface area contributed by atoms with E-state index in [0.29, 0.717) is 24.2 Å². The molecule has 1 aromatic carbocycles. The van der Waals surface area contributed by atoms with Crippen molar-refractivity contribution in [3.63, 3.8) is 0 Å². The summed E-state index contributed by atoms with van der Waals surface area (Å²) in [6.45, 7) is 2.36. The van der Waals surface area contributed by atoms with Crippen LogP contribution in [0.25, 0.3) is 0 Å². The number of aryl methyl sites for hydroxylation is 1. The monoisotopic (exact) mass is 358 g/mol. The second-order valence-corrected chi connectivity index (χ2v) is 6.69. The topological polar surface area (TPSA) is 100 Å². The van der Waals surface area contributed by atoms with Gasteiger partial charge in [-0.25, -0.2) is 4.98 Å². The van der Waals surface area contributed by atoms with Gasteiger partial charge in [0.15, 0.2) is 0 Å². The number of carbonyl (C=O) groups excluding carboxylic acids is 3. The van der Waals surface area contributed by atoms with Gasteiger partial charge in [0.2, 0.25) is 11.8 Å². The summed E-state index contributed by atoms with van der Waals surface area (Å²) in [6, 6.07) is 5.84. The number of benzene rings is 1. The van der Waals surface area contributed by atoms with Gasteiger partial charge in [-0.2, -0.15) is 0 Å². The molecule has 3 amide bonds. The third-order valence-corrected chi connectivity index (χ3v) is 4.79. The molecule has 1 aliphatic rings. The van der Waals surface area contributed by atoms with Gasteiger partial charge in [-0.3, -0.25) is 14.4 Å². The summed E-state index contributed by atoms with van der Waals surface area (Å²) in [5.74, 6) is -1.06. The van der Waals surface area contributed by atoms with Crippen molar-refractivity contribution in [2.24, 2.45) is 0 Å². The average molecular weight is 358 g/mol. The lowest BCUT2D eigenvalue weighted by Gasteiger charge is -2.14. The SMILES string of the molecule is Cc1csc(CCNC(=O)CC2NC(=O)c3ccccc3NC2=O)n1. The van der Waals surface area contributed by atoms with Gasteiger partial charge in [0.1, 0.15) is 6.04 Å². The van der Waals surface area contributed by atoms with Gasteiger partial charge in [-0.05, 0) is 19.1 Å². The Morgan fingerprint density at radius 3 is 2.88 bits per heavy atom. The van der Waals surface area contributed by atoms with Crippen LogP contribution in [0.3, 0.4) is 0 Å². The highest BCUT2D eigenvalue weighted by Gasteiger charge is 2.29. The third-order valence-electron chi connectivity index (χ3n) is 3.77. The van der Waals surface area contributed by atoms with Gasteiger partial charge >= 0.3 is 0 Å². The second-order valence-electron chi connectivity index (χ2n) is 5.75. The predicted molar refractivity (Wildman–Crippen MR) is 94.5 cm³/mol. The Balaban J connectivity index is 1.54. The van der Waals surface area contributed by atoms with Crippen LogP contribution in [-0.2, 0) is 16.0 Å². The Bertz CT molecular complexity index is 818. The highest BCUT2D eigenvalue weighted by molar-refractivity contribution is 7.09. The first-order valence-electron chi connectivity index (χ1n) is 7.91. The van der Waals surface area contributed by atoms with Crippen LogP contribution in [0, 0.1) is 6.92 Å². The Hall–Kier alpha value is -2.74. The summed E-state index contributed by atoms with van der Waals surface area (Å²) in [5, 5.41) is 11.0. The van der Waals surface area contributed by atoms with Crippen molar-refractivity contribution in [3.8, 4) is 0 Å². The zero-order valence-corrected chi connectivity index (χ0v) is 14.5. The molecule has 0 spiro atoms. The molecule has 25 heavy (non-hydrogen) atoms. The Morgan fingerprint density at radius 1 is 1.32 bits per heavy atom. The van der Waals surface area contributed by atoms with Crippen LogP contribution >= 0.6 is 11.3 Å². The molecule has 1 atom stereocenters. The van der Waals surface area contributed by atoms with E-state index in [0.717, 1.165) is 10.7 Å². The quantitative estimate of drug-likeness (QED) is 0.749. The molecule has 1 aliphatic heterocycles. The number of rotatable bonds is 5. The summed E-state index contributed by atoms with van der Waals surface area (Å²) >= 11 is 1.55. The highest BCUT2D eigenvalue weighted by atomic mass is 32.1. The Labute approximate surface area is 148 Å². The smallest absolute Gasteiger partial charge is 0.254 e. The average Bonchev–Trinajstić information content (AvgIpc) is 2.95. The van der Waals surface area contributed by atoms with Gasteiger partial charge in [-0.15, -0.1) is 11.3 Å². The lowest BCUT2D eigenvalue weighted by atomic mass is 10.1. The van der Waals surface area contributed by atoms with E-state index in [-0.39, 0.29) is 18.2 Å². The van der Waals surface area contributed by atoms with Gasteiger partial charge in [0.25, 0.3) is 5.91 Å². The second kappa shape index (κ2) is 7.43. The van der Waals surface area contributed by atoms with Crippen molar-refractivity contribution in [1.29, 1.82) is 0 Å².